The first-order valence-corrected chi connectivity index (χ1v) is 10.5. The van der Waals surface area contributed by atoms with Crippen molar-refractivity contribution in [2.75, 3.05) is 26.1 Å². The quantitative estimate of drug-likeness (QED) is 0.349. The molecule has 9 nitrogen and oxygen atoms in total. The summed E-state index contributed by atoms with van der Waals surface area (Å²) in [6.45, 7) is 7.43. The molecule has 0 aliphatic heterocycles. The molecule has 2 N–H and O–H groups in total. The molecule has 0 saturated carbocycles. The predicted octanol–water partition coefficient (Wildman–Crippen LogP) is 3.66. The molecule has 0 aliphatic carbocycles. The van der Waals surface area contributed by atoms with Crippen molar-refractivity contribution in [3.63, 3.8) is 0 Å². The minimum Gasteiger partial charge on any atom is -0.493 e. The SMILES string of the molecule is C=C(N=CNC(C)=O)n1nc(NCCc2cccc(OC)c2OC)nc1-c1ccc(C)c(F)c1. The summed E-state index contributed by atoms with van der Waals surface area (Å²) in [5, 5.41) is 10.1. The third-order valence-corrected chi connectivity index (χ3v) is 4.92. The highest BCUT2D eigenvalue weighted by molar-refractivity contribution is 5.86. The largest absolute Gasteiger partial charge is 0.493 e. The van der Waals surface area contributed by atoms with Gasteiger partial charge >= 0.3 is 0 Å². The molecule has 1 amide bonds. The molecule has 34 heavy (non-hydrogen) atoms. The van der Waals surface area contributed by atoms with Crippen molar-refractivity contribution in [2.24, 2.45) is 4.99 Å². The molecule has 0 unspecified atom stereocenters. The van der Waals surface area contributed by atoms with Crippen LogP contribution in [0, 0.1) is 12.7 Å². The molecule has 0 saturated heterocycles. The van der Waals surface area contributed by atoms with Crippen LogP contribution < -0.4 is 20.1 Å². The van der Waals surface area contributed by atoms with Crippen molar-refractivity contribution in [3.05, 3.63) is 59.9 Å². The highest BCUT2D eigenvalue weighted by atomic mass is 19.1. The maximum Gasteiger partial charge on any atom is 0.243 e. The number of para-hydroxylation sites is 1. The van der Waals surface area contributed by atoms with Gasteiger partial charge in [-0.1, -0.05) is 30.8 Å². The Labute approximate surface area is 197 Å². The van der Waals surface area contributed by atoms with E-state index < -0.39 is 0 Å². The molecule has 0 fully saturated rings. The van der Waals surface area contributed by atoms with Crippen LogP contribution in [0.1, 0.15) is 18.1 Å². The second-order valence-electron chi connectivity index (χ2n) is 7.34. The lowest BCUT2D eigenvalue weighted by Crippen LogP contribution is -2.17. The van der Waals surface area contributed by atoms with E-state index in [0.29, 0.717) is 47.4 Å². The van der Waals surface area contributed by atoms with E-state index in [1.165, 1.54) is 24.0 Å². The molecular weight excluding hydrogens is 439 g/mol. The van der Waals surface area contributed by atoms with E-state index in [-0.39, 0.29) is 17.5 Å². The monoisotopic (exact) mass is 466 g/mol. The van der Waals surface area contributed by atoms with Crippen LogP contribution in [0.5, 0.6) is 11.5 Å². The van der Waals surface area contributed by atoms with Crippen LogP contribution in [-0.2, 0) is 11.2 Å². The normalized spacial score (nSPS) is 10.9. The molecule has 0 spiro atoms. The Balaban J connectivity index is 1.85. The fourth-order valence-corrected chi connectivity index (χ4v) is 3.20. The number of aliphatic imine (C=N–C) groups is 1. The van der Waals surface area contributed by atoms with Gasteiger partial charge in [0.1, 0.15) is 5.82 Å². The van der Waals surface area contributed by atoms with Gasteiger partial charge in [0.25, 0.3) is 0 Å². The Morgan fingerprint density at radius 2 is 2.06 bits per heavy atom. The maximum atomic E-state index is 14.2. The number of anilines is 1. The Kier molecular flexibility index (Phi) is 7.96. The van der Waals surface area contributed by atoms with Crippen molar-refractivity contribution in [3.8, 4) is 22.9 Å². The zero-order chi connectivity index (χ0) is 24.7. The molecule has 1 heterocycles. The molecule has 0 aliphatic rings. The summed E-state index contributed by atoms with van der Waals surface area (Å²) >= 11 is 0. The van der Waals surface area contributed by atoms with Gasteiger partial charge < -0.3 is 20.1 Å². The van der Waals surface area contributed by atoms with Crippen LogP contribution in [0.2, 0.25) is 0 Å². The van der Waals surface area contributed by atoms with Gasteiger partial charge in [-0.15, -0.1) is 5.10 Å². The van der Waals surface area contributed by atoms with Crippen molar-refractivity contribution in [1.82, 2.24) is 20.1 Å². The number of carbonyl (C=O) groups excluding carboxylic acids is 1. The number of carbonyl (C=O) groups is 1. The summed E-state index contributed by atoms with van der Waals surface area (Å²) in [6, 6.07) is 10.5. The molecule has 2 aromatic carbocycles. The molecule has 0 radical (unpaired) electrons. The number of amides is 1. The fraction of sp³-hybridized carbons (Fsp3) is 0.250. The van der Waals surface area contributed by atoms with Crippen molar-refractivity contribution in [2.45, 2.75) is 20.3 Å². The van der Waals surface area contributed by atoms with Gasteiger partial charge in [-0.3, -0.25) is 4.79 Å². The van der Waals surface area contributed by atoms with Gasteiger partial charge in [0.2, 0.25) is 11.9 Å². The van der Waals surface area contributed by atoms with Crippen LogP contribution in [-0.4, -0.2) is 47.8 Å². The summed E-state index contributed by atoms with van der Waals surface area (Å²) in [6.07, 6.45) is 1.83. The van der Waals surface area contributed by atoms with Gasteiger partial charge in [-0.2, -0.15) is 9.67 Å². The second-order valence-corrected chi connectivity index (χ2v) is 7.34. The number of halogens is 1. The Bertz CT molecular complexity index is 1220. The van der Waals surface area contributed by atoms with Crippen LogP contribution >= 0.6 is 0 Å². The number of methoxy groups -OCH3 is 2. The molecule has 3 rings (SSSR count). The van der Waals surface area contributed by atoms with Crippen LogP contribution in [0.25, 0.3) is 17.2 Å². The number of nitrogens with zero attached hydrogens (tertiary/aromatic N) is 4. The minimum absolute atomic E-state index is 0.194. The Hall–Kier alpha value is -4.21. The highest BCUT2D eigenvalue weighted by Gasteiger charge is 2.16. The van der Waals surface area contributed by atoms with Gasteiger partial charge in [-0.25, -0.2) is 9.38 Å². The number of hydrogen-bond acceptors (Lipinski definition) is 7. The van der Waals surface area contributed by atoms with E-state index >= 15 is 0 Å². The molecule has 0 atom stereocenters. The standard InChI is InChI=1S/C24H27FN6O3/c1-15-9-10-19(13-20(15)25)23-29-24(30-31(23)16(2)27-14-28-17(3)32)26-12-11-18-7-6-8-21(33-4)22(18)34-5/h6-10,13-14H,2,11-12H2,1,3-5H3,(H,26,30)(H,27,28,32). The first-order chi connectivity index (χ1) is 16.3. The van der Waals surface area contributed by atoms with E-state index in [2.05, 4.69) is 32.3 Å². The molecule has 178 valence electrons. The van der Waals surface area contributed by atoms with Crippen LogP contribution in [0.3, 0.4) is 0 Å². The number of nitrogens with one attached hydrogen (secondary N) is 2. The summed E-state index contributed by atoms with van der Waals surface area (Å²) in [7, 11) is 3.19. The lowest BCUT2D eigenvalue weighted by molar-refractivity contribution is -0.117. The van der Waals surface area contributed by atoms with E-state index in [1.54, 1.807) is 33.3 Å². The van der Waals surface area contributed by atoms with Crippen molar-refractivity contribution in [1.29, 1.82) is 0 Å². The second kappa shape index (κ2) is 11.1. The van der Waals surface area contributed by atoms with Gasteiger partial charge in [0.15, 0.2) is 23.1 Å². The predicted molar refractivity (Wildman–Crippen MR) is 130 cm³/mol. The number of rotatable bonds is 10. The third kappa shape index (κ3) is 5.77. The zero-order valence-corrected chi connectivity index (χ0v) is 19.6. The summed E-state index contributed by atoms with van der Waals surface area (Å²) in [4.78, 5) is 19.7. The minimum atomic E-state index is -0.362. The average molecular weight is 467 g/mol. The topological polar surface area (TPSA) is 103 Å². The van der Waals surface area contributed by atoms with Crippen LogP contribution in [0.15, 0.2) is 48.0 Å². The third-order valence-electron chi connectivity index (χ3n) is 4.92. The lowest BCUT2D eigenvalue weighted by Gasteiger charge is -2.12. The number of aromatic nitrogens is 3. The highest BCUT2D eigenvalue weighted by Crippen LogP contribution is 2.31. The van der Waals surface area contributed by atoms with Gasteiger partial charge in [0.05, 0.1) is 20.6 Å². The molecular formula is C24H27FN6O3. The average Bonchev–Trinajstić information content (AvgIpc) is 3.24. The Morgan fingerprint density at radius 1 is 1.26 bits per heavy atom. The van der Waals surface area contributed by atoms with Crippen molar-refractivity contribution >= 4 is 24.0 Å². The number of benzene rings is 2. The summed E-state index contributed by atoms with van der Waals surface area (Å²) in [5.74, 6) is 1.55. The molecule has 1 aromatic heterocycles. The molecule has 10 heteroatoms. The van der Waals surface area contributed by atoms with Crippen molar-refractivity contribution < 1.29 is 18.7 Å². The van der Waals surface area contributed by atoms with E-state index in [9.17, 15) is 9.18 Å². The van der Waals surface area contributed by atoms with Gasteiger partial charge in [-0.05, 0) is 36.6 Å². The molecule has 3 aromatic rings. The fourth-order valence-electron chi connectivity index (χ4n) is 3.20. The number of aryl methyl sites for hydroxylation is 1. The van der Waals surface area contributed by atoms with Gasteiger partial charge in [0, 0.05) is 19.0 Å². The summed E-state index contributed by atoms with van der Waals surface area (Å²) in [5.41, 5.74) is 1.98. The summed E-state index contributed by atoms with van der Waals surface area (Å²) < 4.78 is 26.4. The lowest BCUT2D eigenvalue weighted by atomic mass is 10.1. The van der Waals surface area contributed by atoms with E-state index in [1.807, 2.05) is 18.2 Å². The molecule has 0 bridgehead atoms. The van der Waals surface area contributed by atoms with E-state index in [0.717, 1.165) is 5.56 Å². The van der Waals surface area contributed by atoms with E-state index in [4.69, 9.17) is 9.47 Å². The first-order valence-electron chi connectivity index (χ1n) is 10.5. The first kappa shape index (κ1) is 24.4. The smallest absolute Gasteiger partial charge is 0.243 e. The number of hydrogen-bond donors (Lipinski definition) is 2. The Morgan fingerprint density at radius 3 is 2.74 bits per heavy atom. The number of ether oxygens (including phenoxy) is 2. The maximum absolute atomic E-state index is 14.2. The zero-order valence-electron chi connectivity index (χ0n) is 19.6. The van der Waals surface area contributed by atoms with Crippen LogP contribution in [0.4, 0.5) is 10.3 Å².